The van der Waals surface area contributed by atoms with Gasteiger partial charge < -0.3 is 4.74 Å². The van der Waals surface area contributed by atoms with Crippen LogP contribution in [0.1, 0.15) is 20.8 Å². The van der Waals surface area contributed by atoms with Gasteiger partial charge in [0.1, 0.15) is 5.60 Å². The SMILES string of the molecule is CC(C)(C)OC(=O)C1(Cl)CN1Cl. The van der Waals surface area contributed by atoms with Gasteiger partial charge in [-0.25, -0.2) is 4.79 Å². The molecule has 1 aliphatic rings. The highest BCUT2D eigenvalue weighted by Crippen LogP contribution is 2.40. The van der Waals surface area contributed by atoms with E-state index in [2.05, 4.69) is 0 Å². The molecule has 0 saturated carbocycles. The predicted octanol–water partition coefficient (Wildman–Crippen LogP) is 1.73. The normalized spacial score (nSPS) is 34.6. The first-order chi connectivity index (χ1) is 5.26. The summed E-state index contributed by atoms with van der Waals surface area (Å²) in [5, 5.41) is 0. The molecule has 0 amide bonds. The predicted molar refractivity (Wildman–Crippen MR) is 47.0 cm³/mol. The van der Waals surface area contributed by atoms with Crippen molar-refractivity contribution in [2.75, 3.05) is 6.54 Å². The summed E-state index contributed by atoms with van der Waals surface area (Å²) < 4.78 is 6.25. The van der Waals surface area contributed by atoms with Gasteiger partial charge in [0.25, 0.3) is 0 Å². The Balaban J connectivity index is 2.51. The Morgan fingerprint density at radius 1 is 1.58 bits per heavy atom. The lowest BCUT2D eigenvalue weighted by Crippen LogP contribution is -2.32. The highest BCUT2D eigenvalue weighted by Gasteiger charge is 2.59. The summed E-state index contributed by atoms with van der Waals surface area (Å²) in [5.74, 6) is -0.480. The molecular formula is C7H11Cl2NO2. The lowest BCUT2D eigenvalue weighted by atomic mass is 10.2. The molecule has 2 unspecified atom stereocenters. The third kappa shape index (κ3) is 2.03. The van der Waals surface area contributed by atoms with E-state index in [-0.39, 0.29) is 0 Å². The van der Waals surface area contributed by atoms with Crippen molar-refractivity contribution in [2.24, 2.45) is 0 Å². The Labute approximate surface area is 81.7 Å². The van der Waals surface area contributed by atoms with Gasteiger partial charge in [0.2, 0.25) is 5.00 Å². The van der Waals surface area contributed by atoms with Crippen LogP contribution in [-0.2, 0) is 9.53 Å². The van der Waals surface area contributed by atoms with Crippen LogP contribution in [0, 0.1) is 0 Å². The molecular weight excluding hydrogens is 201 g/mol. The maximum Gasteiger partial charge on any atom is 0.345 e. The van der Waals surface area contributed by atoms with Crippen LogP contribution in [0.15, 0.2) is 0 Å². The van der Waals surface area contributed by atoms with Crippen molar-refractivity contribution < 1.29 is 9.53 Å². The van der Waals surface area contributed by atoms with Gasteiger partial charge in [-0.1, -0.05) is 11.6 Å². The van der Waals surface area contributed by atoms with Crippen molar-refractivity contribution in [1.82, 2.24) is 4.42 Å². The monoisotopic (exact) mass is 211 g/mol. The number of hydrogen-bond acceptors (Lipinski definition) is 3. The van der Waals surface area contributed by atoms with Crippen LogP contribution in [-0.4, -0.2) is 27.5 Å². The van der Waals surface area contributed by atoms with E-state index in [1.165, 1.54) is 4.42 Å². The van der Waals surface area contributed by atoms with Gasteiger partial charge in [-0.2, -0.15) is 4.42 Å². The molecule has 1 rings (SSSR count). The zero-order valence-electron chi connectivity index (χ0n) is 7.23. The average molecular weight is 212 g/mol. The Kier molecular flexibility index (Phi) is 2.32. The summed E-state index contributed by atoms with van der Waals surface area (Å²) in [6.45, 7) is 5.69. The number of esters is 1. The number of carbonyl (C=O) groups excluding carboxylic acids is 1. The van der Waals surface area contributed by atoms with E-state index >= 15 is 0 Å². The van der Waals surface area contributed by atoms with Gasteiger partial charge in [0, 0.05) is 0 Å². The third-order valence-corrected chi connectivity index (χ3v) is 2.31. The molecule has 0 spiro atoms. The second-order valence-electron chi connectivity index (χ2n) is 3.78. The molecule has 0 aromatic carbocycles. The van der Waals surface area contributed by atoms with Crippen LogP contribution < -0.4 is 0 Å². The molecule has 0 radical (unpaired) electrons. The molecule has 12 heavy (non-hydrogen) atoms. The smallest absolute Gasteiger partial charge is 0.345 e. The standard InChI is InChI=1S/C7H11Cl2NO2/c1-6(2,3)12-5(11)7(8)4-10(7)9/h4H2,1-3H3. The van der Waals surface area contributed by atoms with Gasteiger partial charge >= 0.3 is 5.97 Å². The first kappa shape index (κ1) is 10.1. The number of carbonyl (C=O) groups is 1. The van der Waals surface area contributed by atoms with E-state index in [0.29, 0.717) is 6.54 Å². The minimum absolute atomic E-state index is 0.338. The number of alkyl halides is 1. The fourth-order valence-electron chi connectivity index (χ4n) is 0.668. The Bertz CT molecular complexity index is 214. The number of rotatable bonds is 1. The Morgan fingerprint density at radius 3 is 2.25 bits per heavy atom. The van der Waals surface area contributed by atoms with Crippen molar-refractivity contribution in [3.05, 3.63) is 0 Å². The summed E-state index contributed by atoms with van der Waals surface area (Å²) in [6, 6.07) is 0. The van der Waals surface area contributed by atoms with E-state index in [1.807, 2.05) is 0 Å². The topological polar surface area (TPSA) is 29.3 Å². The largest absolute Gasteiger partial charge is 0.458 e. The van der Waals surface area contributed by atoms with E-state index in [0.717, 1.165) is 0 Å². The van der Waals surface area contributed by atoms with Gasteiger partial charge in [-0.3, -0.25) is 0 Å². The maximum atomic E-state index is 11.3. The molecule has 1 heterocycles. The van der Waals surface area contributed by atoms with Gasteiger partial charge in [0.05, 0.1) is 6.54 Å². The molecule has 0 aliphatic carbocycles. The van der Waals surface area contributed by atoms with Crippen LogP contribution in [0.4, 0.5) is 0 Å². The molecule has 0 N–H and O–H groups in total. The number of nitrogens with zero attached hydrogens (tertiary/aromatic N) is 1. The van der Waals surface area contributed by atoms with Crippen molar-refractivity contribution in [2.45, 2.75) is 31.4 Å². The molecule has 1 fully saturated rings. The fraction of sp³-hybridized carbons (Fsp3) is 0.857. The summed E-state index contributed by atoms with van der Waals surface area (Å²) in [6.07, 6.45) is 0. The average Bonchev–Trinajstić information content (AvgIpc) is 2.37. The minimum Gasteiger partial charge on any atom is -0.458 e. The van der Waals surface area contributed by atoms with Crippen LogP contribution >= 0.6 is 23.4 Å². The van der Waals surface area contributed by atoms with E-state index in [9.17, 15) is 4.79 Å². The second-order valence-corrected chi connectivity index (χ2v) is 4.81. The molecule has 5 heteroatoms. The lowest BCUT2D eigenvalue weighted by Gasteiger charge is -2.20. The van der Waals surface area contributed by atoms with E-state index in [4.69, 9.17) is 28.1 Å². The molecule has 0 aromatic rings. The van der Waals surface area contributed by atoms with Crippen molar-refractivity contribution >= 4 is 29.3 Å². The van der Waals surface area contributed by atoms with Gasteiger partial charge in [-0.15, -0.1) is 0 Å². The Morgan fingerprint density at radius 2 is 2.00 bits per heavy atom. The van der Waals surface area contributed by atoms with Crippen molar-refractivity contribution in [3.63, 3.8) is 0 Å². The van der Waals surface area contributed by atoms with Gasteiger partial charge in [0.15, 0.2) is 0 Å². The quantitative estimate of drug-likeness (QED) is 0.218. The highest BCUT2D eigenvalue weighted by molar-refractivity contribution is 6.40. The van der Waals surface area contributed by atoms with E-state index in [1.54, 1.807) is 20.8 Å². The van der Waals surface area contributed by atoms with Crippen LogP contribution in [0.5, 0.6) is 0 Å². The molecule has 1 aliphatic heterocycles. The first-order valence-corrected chi connectivity index (χ1v) is 4.33. The zero-order chi connectivity index (χ0) is 9.57. The molecule has 70 valence electrons. The fourth-order valence-corrected chi connectivity index (χ4v) is 1.13. The zero-order valence-corrected chi connectivity index (χ0v) is 8.74. The van der Waals surface area contributed by atoms with Crippen LogP contribution in [0.25, 0.3) is 0 Å². The summed E-state index contributed by atoms with van der Waals surface area (Å²) in [5.41, 5.74) is -0.515. The van der Waals surface area contributed by atoms with Crippen LogP contribution in [0.3, 0.4) is 0 Å². The maximum absolute atomic E-state index is 11.3. The number of hydrogen-bond donors (Lipinski definition) is 0. The summed E-state index contributed by atoms with van der Waals surface area (Å²) >= 11 is 11.3. The third-order valence-electron chi connectivity index (χ3n) is 1.34. The molecule has 3 nitrogen and oxygen atoms in total. The summed E-state index contributed by atoms with van der Waals surface area (Å²) in [4.78, 5) is 10.2. The first-order valence-electron chi connectivity index (χ1n) is 3.61. The molecule has 0 bridgehead atoms. The number of halogens is 2. The minimum atomic E-state index is -1.12. The second kappa shape index (κ2) is 2.76. The molecule has 1 saturated heterocycles. The van der Waals surface area contributed by atoms with Gasteiger partial charge in [-0.05, 0) is 32.5 Å². The molecule has 2 atom stereocenters. The van der Waals surface area contributed by atoms with Crippen molar-refractivity contribution in [3.8, 4) is 0 Å². The highest BCUT2D eigenvalue weighted by atomic mass is 35.5. The van der Waals surface area contributed by atoms with Crippen LogP contribution in [0.2, 0.25) is 0 Å². The molecule has 0 aromatic heterocycles. The van der Waals surface area contributed by atoms with E-state index < -0.39 is 16.6 Å². The summed E-state index contributed by atoms with van der Waals surface area (Å²) in [7, 11) is 0. The Hall–Kier alpha value is 0.01000. The lowest BCUT2D eigenvalue weighted by molar-refractivity contribution is -0.156. The van der Waals surface area contributed by atoms with Crippen molar-refractivity contribution in [1.29, 1.82) is 0 Å². The number of ether oxygens (including phenoxy) is 1.